The van der Waals surface area contributed by atoms with Gasteiger partial charge in [-0.1, -0.05) is 0 Å². The van der Waals surface area contributed by atoms with Gasteiger partial charge in [-0.2, -0.15) is 0 Å². The summed E-state index contributed by atoms with van der Waals surface area (Å²) in [5.41, 5.74) is 0. The van der Waals surface area contributed by atoms with Gasteiger partial charge in [-0.15, -0.1) is 0 Å². The standard InChI is InChI=1S/C16H15F2NO5S/c1-10(24-13-6-4-12(23-2)5-7-13)16(20)19-25(21,22)15-9-11(17)3-8-14(15)18/h3-10H,1-2H3,(H,19,20). The van der Waals surface area contributed by atoms with Crippen molar-refractivity contribution in [3.8, 4) is 11.5 Å². The number of carbonyl (C=O) groups is 1. The van der Waals surface area contributed by atoms with E-state index in [2.05, 4.69) is 0 Å². The maximum Gasteiger partial charge on any atom is 0.274 e. The van der Waals surface area contributed by atoms with E-state index >= 15 is 0 Å². The van der Waals surface area contributed by atoms with Crippen LogP contribution in [0.3, 0.4) is 0 Å². The van der Waals surface area contributed by atoms with Gasteiger partial charge >= 0.3 is 0 Å². The molecule has 1 amide bonds. The first-order chi connectivity index (χ1) is 11.7. The Morgan fingerprint density at radius 1 is 1.08 bits per heavy atom. The van der Waals surface area contributed by atoms with Crippen LogP contribution in [0.1, 0.15) is 6.92 Å². The molecule has 0 spiro atoms. The van der Waals surface area contributed by atoms with Crippen LogP contribution < -0.4 is 14.2 Å². The second kappa shape index (κ2) is 7.47. The highest BCUT2D eigenvalue weighted by Gasteiger charge is 2.26. The summed E-state index contributed by atoms with van der Waals surface area (Å²) >= 11 is 0. The molecular weight excluding hydrogens is 356 g/mol. The van der Waals surface area contributed by atoms with Gasteiger partial charge in [0.25, 0.3) is 15.9 Å². The maximum absolute atomic E-state index is 13.6. The number of hydrogen-bond acceptors (Lipinski definition) is 5. The largest absolute Gasteiger partial charge is 0.497 e. The molecule has 2 aromatic carbocycles. The Bertz CT molecular complexity index is 869. The molecule has 0 aliphatic rings. The molecule has 2 rings (SSSR count). The van der Waals surface area contributed by atoms with E-state index in [1.54, 1.807) is 16.9 Å². The Kier molecular flexibility index (Phi) is 5.58. The second-order valence-electron chi connectivity index (χ2n) is 4.98. The number of hydrogen-bond donors (Lipinski definition) is 1. The van der Waals surface area contributed by atoms with Crippen LogP contribution in [0.25, 0.3) is 0 Å². The lowest BCUT2D eigenvalue weighted by atomic mass is 10.3. The van der Waals surface area contributed by atoms with E-state index in [0.717, 1.165) is 6.07 Å². The van der Waals surface area contributed by atoms with Crippen molar-refractivity contribution in [2.75, 3.05) is 7.11 Å². The zero-order valence-corrected chi connectivity index (χ0v) is 14.1. The van der Waals surface area contributed by atoms with Crippen LogP contribution in [0.2, 0.25) is 0 Å². The summed E-state index contributed by atoms with van der Waals surface area (Å²) in [6.45, 7) is 1.32. The first kappa shape index (κ1) is 18.7. The molecule has 0 radical (unpaired) electrons. The molecule has 1 unspecified atom stereocenters. The van der Waals surface area contributed by atoms with Crippen LogP contribution in [-0.4, -0.2) is 27.5 Å². The molecule has 0 bridgehead atoms. The first-order valence-corrected chi connectivity index (χ1v) is 8.53. The molecule has 0 aliphatic heterocycles. The van der Waals surface area contributed by atoms with Gasteiger partial charge in [-0.3, -0.25) is 4.79 Å². The van der Waals surface area contributed by atoms with E-state index in [1.807, 2.05) is 0 Å². The van der Waals surface area contributed by atoms with Gasteiger partial charge in [-0.05, 0) is 49.4 Å². The number of carbonyl (C=O) groups excluding carboxylic acids is 1. The number of methoxy groups -OCH3 is 1. The van der Waals surface area contributed by atoms with Gasteiger partial charge in [0.2, 0.25) is 0 Å². The van der Waals surface area contributed by atoms with Crippen LogP contribution in [0.4, 0.5) is 8.78 Å². The average molecular weight is 371 g/mol. The average Bonchev–Trinajstić information content (AvgIpc) is 2.57. The van der Waals surface area contributed by atoms with Crippen molar-refractivity contribution in [2.24, 2.45) is 0 Å². The van der Waals surface area contributed by atoms with Crippen molar-refractivity contribution < 1.29 is 31.5 Å². The van der Waals surface area contributed by atoms with Gasteiger partial charge in [0, 0.05) is 0 Å². The van der Waals surface area contributed by atoms with E-state index in [1.165, 1.54) is 26.2 Å². The summed E-state index contributed by atoms with van der Waals surface area (Å²) in [7, 11) is -3.09. The molecule has 1 N–H and O–H groups in total. The Hall–Kier alpha value is -2.68. The van der Waals surface area contributed by atoms with Crippen molar-refractivity contribution in [1.29, 1.82) is 0 Å². The van der Waals surface area contributed by atoms with Crippen LogP contribution >= 0.6 is 0 Å². The Morgan fingerprint density at radius 2 is 1.68 bits per heavy atom. The lowest BCUT2D eigenvalue weighted by molar-refractivity contribution is -0.125. The minimum Gasteiger partial charge on any atom is -0.497 e. The van der Waals surface area contributed by atoms with Crippen LogP contribution in [-0.2, 0) is 14.8 Å². The topological polar surface area (TPSA) is 81.7 Å². The Morgan fingerprint density at radius 3 is 2.28 bits per heavy atom. The predicted molar refractivity (Wildman–Crippen MR) is 84.8 cm³/mol. The number of halogens is 2. The molecule has 6 nitrogen and oxygen atoms in total. The van der Waals surface area contributed by atoms with Crippen molar-refractivity contribution in [1.82, 2.24) is 4.72 Å². The maximum atomic E-state index is 13.6. The SMILES string of the molecule is COc1ccc(OC(C)C(=O)NS(=O)(=O)c2cc(F)ccc2F)cc1. The number of benzene rings is 2. The molecule has 25 heavy (non-hydrogen) atoms. The highest BCUT2D eigenvalue weighted by atomic mass is 32.2. The molecule has 0 aliphatic carbocycles. The number of sulfonamides is 1. The molecule has 2 aromatic rings. The molecule has 0 saturated carbocycles. The highest BCUT2D eigenvalue weighted by Crippen LogP contribution is 2.19. The molecule has 0 fully saturated rings. The van der Waals surface area contributed by atoms with Crippen molar-refractivity contribution in [2.45, 2.75) is 17.9 Å². The van der Waals surface area contributed by atoms with Crippen LogP contribution in [0.15, 0.2) is 47.4 Å². The third kappa shape index (κ3) is 4.66. The van der Waals surface area contributed by atoms with Gasteiger partial charge < -0.3 is 9.47 Å². The quantitative estimate of drug-likeness (QED) is 0.842. The van der Waals surface area contributed by atoms with Gasteiger partial charge in [0.15, 0.2) is 6.10 Å². The first-order valence-electron chi connectivity index (χ1n) is 7.05. The lowest BCUT2D eigenvalue weighted by Crippen LogP contribution is -2.40. The third-order valence-electron chi connectivity index (χ3n) is 3.16. The van der Waals surface area contributed by atoms with Crippen molar-refractivity contribution in [3.05, 3.63) is 54.1 Å². The molecule has 9 heteroatoms. The number of nitrogens with one attached hydrogen (secondary N) is 1. The van der Waals surface area contributed by atoms with Crippen LogP contribution in [0, 0.1) is 11.6 Å². The number of amides is 1. The number of rotatable bonds is 6. The van der Waals surface area contributed by atoms with E-state index < -0.39 is 38.6 Å². The molecule has 0 saturated heterocycles. The Labute approximate surface area is 143 Å². The fourth-order valence-corrected chi connectivity index (χ4v) is 3.00. The summed E-state index contributed by atoms with van der Waals surface area (Å²) in [4.78, 5) is 11.0. The molecule has 134 valence electrons. The lowest BCUT2D eigenvalue weighted by Gasteiger charge is -2.15. The highest BCUT2D eigenvalue weighted by molar-refractivity contribution is 7.90. The zero-order chi connectivity index (χ0) is 18.6. The van der Waals surface area contributed by atoms with Crippen LogP contribution in [0.5, 0.6) is 11.5 Å². The predicted octanol–water partition coefficient (Wildman–Crippen LogP) is 2.25. The minimum absolute atomic E-state index is 0.304. The molecule has 0 heterocycles. The van der Waals surface area contributed by atoms with E-state index in [9.17, 15) is 22.0 Å². The third-order valence-corrected chi connectivity index (χ3v) is 4.52. The van der Waals surface area contributed by atoms with Crippen molar-refractivity contribution in [3.63, 3.8) is 0 Å². The summed E-state index contributed by atoms with van der Waals surface area (Å²) in [6.07, 6.45) is -1.19. The van der Waals surface area contributed by atoms with Gasteiger partial charge in [-0.25, -0.2) is 21.9 Å². The molecule has 0 aromatic heterocycles. The summed E-state index contributed by atoms with van der Waals surface area (Å²) < 4.78 is 62.8. The fourth-order valence-electron chi connectivity index (χ4n) is 1.87. The molecular formula is C16H15F2NO5S. The monoisotopic (exact) mass is 371 g/mol. The Balaban J connectivity index is 2.10. The van der Waals surface area contributed by atoms with E-state index in [0.29, 0.717) is 23.6 Å². The zero-order valence-electron chi connectivity index (χ0n) is 13.3. The second-order valence-corrected chi connectivity index (χ2v) is 6.63. The summed E-state index contributed by atoms with van der Waals surface area (Å²) in [5.74, 6) is -2.27. The molecule has 1 atom stereocenters. The number of ether oxygens (including phenoxy) is 2. The van der Waals surface area contributed by atoms with E-state index in [-0.39, 0.29) is 0 Å². The van der Waals surface area contributed by atoms with Gasteiger partial charge in [0.05, 0.1) is 7.11 Å². The fraction of sp³-hybridized carbons (Fsp3) is 0.188. The normalized spacial score (nSPS) is 12.3. The summed E-state index contributed by atoms with van der Waals surface area (Å²) in [5, 5.41) is 0. The van der Waals surface area contributed by atoms with Gasteiger partial charge in [0.1, 0.15) is 28.0 Å². The smallest absolute Gasteiger partial charge is 0.274 e. The summed E-state index contributed by atoms with van der Waals surface area (Å²) in [6, 6.07) is 8.17. The van der Waals surface area contributed by atoms with E-state index in [4.69, 9.17) is 9.47 Å². The van der Waals surface area contributed by atoms with Crippen molar-refractivity contribution >= 4 is 15.9 Å². The minimum atomic E-state index is -4.58.